The van der Waals surface area contributed by atoms with Crippen LogP contribution >= 0.6 is 23.4 Å². The van der Waals surface area contributed by atoms with Gasteiger partial charge in [0, 0.05) is 29.4 Å². The van der Waals surface area contributed by atoms with Gasteiger partial charge in [-0.05, 0) is 47.6 Å². The molecule has 0 saturated carbocycles. The number of amides is 1. The van der Waals surface area contributed by atoms with Crippen LogP contribution in [0.25, 0.3) is 10.9 Å². The highest BCUT2D eigenvalue weighted by atomic mass is 35.5. The van der Waals surface area contributed by atoms with E-state index in [0.29, 0.717) is 23.1 Å². The lowest BCUT2D eigenvalue weighted by Gasteiger charge is -2.20. The van der Waals surface area contributed by atoms with Crippen molar-refractivity contribution in [3.8, 4) is 0 Å². The fourth-order valence-electron chi connectivity index (χ4n) is 3.68. The van der Waals surface area contributed by atoms with Crippen LogP contribution in [0.2, 0.25) is 5.02 Å². The van der Waals surface area contributed by atoms with Crippen molar-refractivity contribution in [2.75, 3.05) is 5.75 Å². The minimum absolute atomic E-state index is 0.0468. The first-order chi connectivity index (χ1) is 13.6. The Labute approximate surface area is 172 Å². The van der Waals surface area contributed by atoms with Gasteiger partial charge in [0.1, 0.15) is 0 Å². The molecule has 4 nitrogen and oxygen atoms in total. The second-order valence-corrected chi connectivity index (χ2v) is 8.41. The molecule has 144 valence electrons. The Morgan fingerprint density at radius 3 is 2.89 bits per heavy atom. The molecular formula is C22H21ClN2O2S. The summed E-state index contributed by atoms with van der Waals surface area (Å²) in [6.45, 7) is 1.22. The van der Waals surface area contributed by atoms with Crippen LogP contribution in [0.1, 0.15) is 23.1 Å². The maximum absolute atomic E-state index is 12.9. The van der Waals surface area contributed by atoms with E-state index in [1.807, 2.05) is 28.8 Å². The van der Waals surface area contributed by atoms with Crippen molar-refractivity contribution in [2.24, 2.45) is 0 Å². The molecule has 0 atom stereocenters. The summed E-state index contributed by atoms with van der Waals surface area (Å²) < 4.78 is 1.91. The number of aryl methyl sites for hydroxylation is 2. The molecule has 4 rings (SSSR count). The summed E-state index contributed by atoms with van der Waals surface area (Å²) in [6, 6.07) is 15.6. The first-order valence-electron chi connectivity index (χ1n) is 9.35. The average molecular weight is 413 g/mol. The summed E-state index contributed by atoms with van der Waals surface area (Å²) in [7, 11) is 0. The highest BCUT2D eigenvalue weighted by molar-refractivity contribution is 7.99. The lowest BCUT2D eigenvalue weighted by atomic mass is 10.0. The van der Waals surface area contributed by atoms with Crippen LogP contribution < -0.4 is 10.9 Å². The zero-order valence-electron chi connectivity index (χ0n) is 15.4. The SMILES string of the molecule is O=C(CSCc1cc2cccc3c2n(c1=O)CCC3)NCc1cccc(Cl)c1. The summed E-state index contributed by atoms with van der Waals surface area (Å²) in [5.74, 6) is 0.802. The van der Waals surface area contributed by atoms with Crippen LogP contribution in [-0.4, -0.2) is 16.2 Å². The van der Waals surface area contributed by atoms with Crippen molar-refractivity contribution >= 4 is 40.2 Å². The number of nitrogens with one attached hydrogen (secondary N) is 1. The number of benzene rings is 2. The standard InChI is InChI=1S/C22H21ClN2O2S/c23-19-8-1-4-15(10-19)12-24-20(26)14-28-13-18-11-17-6-2-5-16-7-3-9-25(21(16)17)22(18)27/h1-2,4-6,8,10-11H,3,7,9,12-14H2,(H,24,26). The zero-order valence-corrected chi connectivity index (χ0v) is 17.0. The van der Waals surface area contributed by atoms with E-state index in [9.17, 15) is 9.59 Å². The molecule has 28 heavy (non-hydrogen) atoms. The van der Waals surface area contributed by atoms with Crippen LogP contribution in [0, 0.1) is 0 Å². The van der Waals surface area contributed by atoms with Crippen LogP contribution in [0.15, 0.2) is 53.3 Å². The maximum Gasteiger partial charge on any atom is 0.255 e. The highest BCUT2D eigenvalue weighted by Gasteiger charge is 2.16. The fourth-order valence-corrected chi connectivity index (χ4v) is 4.71. The lowest BCUT2D eigenvalue weighted by molar-refractivity contribution is -0.118. The molecule has 6 heteroatoms. The van der Waals surface area contributed by atoms with Gasteiger partial charge < -0.3 is 9.88 Å². The Morgan fingerprint density at radius 2 is 2.04 bits per heavy atom. The molecular weight excluding hydrogens is 392 g/mol. The molecule has 0 bridgehead atoms. The van der Waals surface area contributed by atoms with Crippen molar-refractivity contribution in [1.29, 1.82) is 0 Å². The number of nitrogens with zero attached hydrogens (tertiary/aromatic N) is 1. The highest BCUT2D eigenvalue weighted by Crippen LogP contribution is 2.25. The molecule has 1 aliphatic rings. The number of thioether (sulfide) groups is 1. The molecule has 3 aromatic rings. The van der Waals surface area contributed by atoms with E-state index in [0.717, 1.165) is 41.4 Å². The molecule has 0 fully saturated rings. The third-order valence-electron chi connectivity index (χ3n) is 4.97. The van der Waals surface area contributed by atoms with E-state index >= 15 is 0 Å². The molecule has 0 saturated heterocycles. The van der Waals surface area contributed by atoms with Gasteiger partial charge in [0.15, 0.2) is 0 Å². The predicted molar refractivity (Wildman–Crippen MR) is 116 cm³/mol. The molecule has 0 aliphatic carbocycles. The van der Waals surface area contributed by atoms with Crippen LogP contribution in [0.4, 0.5) is 0 Å². The smallest absolute Gasteiger partial charge is 0.255 e. The first-order valence-corrected chi connectivity index (χ1v) is 10.9. The molecule has 1 amide bonds. The number of rotatable bonds is 6. The van der Waals surface area contributed by atoms with Gasteiger partial charge >= 0.3 is 0 Å². The van der Waals surface area contributed by atoms with Gasteiger partial charge in [0.2, 0.25) is 5.91 Å². The largest absolute Gasteiger partial charge is 0.351 e. The molecule has 0 unspecified atom stereocenters. The van der Waals surface area contributed by atoms with Gasteiger partial charge in [-0.25, -0.2) is 0 Å². The molecule has 0 spiro atoms. The van der Waals surface area contributed by atoms with E-state index in [1.165, 1.54) is 17.3 Å². The Bertz CT molecular complexity index is 1090. The molecule has 1 aliphatic heterocycles. The summed E-state index contributed by atoms with van der Waals surface area (Å²) in [4.78, 5) is 25.0. The number of hydrogen-bond donors (Lipinski definition) is 1. The van der Waals surface area contributed by atoms with E-state index in [1.54, 1.807) is 6.07 Å². The first kappa shape index (κ1) is 19.1. The number of carbonyl (C=O) groups is 1. The monoisotopic (exact) mass is 412 g/mol. The summed E-state index contributed by atoms with van der Waals surface area (Å²) in [5.41, 5.74) is 4.13. The third-order valence-corrected chi connectivity index (χ3v) is 6.18. The molecule has 1 aromatic heterocycles. The number of para-hydroxylation sites is 1. The number of hydrogen-bond acceptors (Lipinski definition) is 3. The van der Waals surface area contributed by atoms with Gasteiger partial charge in [-0.15, -0.1) is 11.8 Å². The molecule has 1 N–H and O–H groups in total. The maximum atomic E-state index is 12.9. The third kappa shape index (κ3) is 4.10. The minimum atomic E-state index is -0.0468. The average Bonchev–Trinajstić information content (AvgIpc) is 2.70. The second-order valence-electron chi connectivity index (χ2n) is 6.98. The Morgan fingerprint density at radius 1 is 1.18 bits per heavy atom. The van der Waals surface area contributed by atoms with Crippen LogP contribution in [0.3, 0.4) is 0 Å². The van der Waals surface area contributed by atoms with Crippen molar-refractivity contribution in [3.05, 3.63) is 80.6 Å². The molecule has 2 heterocycles. The van der Waals surface area contributed by atoms with Crippen molar-refractivity contribution in [1.82, 2.24) is 9.88 Å². The summed E-state index contributed by atoms with van der Waals surface area (Å²) in [6.07, 6.45) is 2.02. The predicted octanol–water partition coefficient (Wildman–Crippen LogP) is 4.15. The number of aromatic nitrogens is 1. The van der Waals surface area contributed by atoms with Crippen molar-refractivity contribution < 1.29 is 4.79 Å². The normalized spacial score (nSPS) is 12.9. The van der Waals surface area contributed by atoms with Gasteiger partial charge in [0.05, 0.1) is 11.3 Å². The Balaban J connectivity index is 1.39. The van der Waals surface area contributed by atoms with Gasteiger partial charge in [0.25, 0.3) is 5.56 Å². The Kier molecular flexibility index (Phi) is 5.74. The molecule has 0 radical (unpaired) electrons. The zero-order chi connectivity index (χ0) is 19.5. The van der Waals surface area contributed by atoms with E-state index < -0.39 is 0 Å². The number of pyridine rings is 1. The number of carbonyl (C=O) groups excluding carboxylic acids is 1. The van der Waals surface area contributed by atoms with Crippen molar-refractivity contribution in [2.45, 2.75) is 31.7 Å². The quantitative estimate of drug-likeness (QED) is 0.661. The van der Waals surface area contributed by atoms with Gasteiger partial charge in [-0.1, -0.05) is 41.9 Å². The van der Waals surface area contributed by atoms with Crippen LogP contribution in [0.5, 0.6) is 0 Å². The van der Waals surface area contributed by atoms with E-state index in [4.69, 9.17) is 11.6 Å². The fraction of sp³-hybridized carbons (Fsp3) is 0.273. The van der Waals surface area contributed by atoms with E-state index in [-0.39, 0.29) is 11.5 Å². The molecule has 2 aromatic carbocycles. The second kappa shape index (κ2) is 8.41. The number of halogens is 1. The minimum Gasteiger partial charge on any atom is -0.351 e. The topological polar surface area (TPSA) is 51.1 Å². The Hall–Kier alpha value is -2.24. The van der Waals surface area contributed by atoms with Crippen molar-refractivity contribution in [3.63, 3.8) is 0 Å². The van der Waals surface area contributed by atoms with Gasteiger partial charge in [-0.2, -0.15) is 0 Å². The summed E-state index contributed by atoms with van der Waals surface area (Å²) in [5, 5.41) is 4.66. The van der Waals surface area contributed by atoms with Crippen LogP contribution in [-0.2, 0) is 30.1 Å². The summed E-state index contributed by atoms with van der Waals surface area (Å²) >= 11 is 7.42. The van der Waals surface area contributed by atoms with Gasteiger partial charge in [-0.3, -0.25) is 9.59 Å². The lowest BCUT2D eigenvalue weighted by Crippen LogP contribution is -2.27. The van der Waals surface area contributed by atoms with E-state index in [2.05, 4.69) is 23.5 Å².